The molecule has 0 spiro atoms. The molecule has 1 saturated heterocycles. The van der Waals surface area contributed by atoms with Crippen LogP contribution in [0.5, 0.6) is 0 Å². The van der Waals surface area contributed by atoms with Gasteiger partial charge in [0.15, 0.2) is 0 Å². The van der Waals surface area contributed by atoms with Crippen LogP contribution >= 0.6 is 0 Å². The van der Waals surface area contributed by atoms with E-state index in [1.807, 2.05) is 26.8 Å². The maximum Gasteiger partial charge on any atom is 0.240 e. The van der Waals surface area contributed by atoms with Crippen LogP contribution in [0.4, 0.5) is 0 Å². The van der Waals surface area contributed by atoms with Crippen LogP contribution in [0.2, 0.25) is 0 Å². The number of carbonyl (C=O) groups excluding carboxylic acids is 1. The molecule has 2 fully saturated rings. The quantitative estimate of drug-likeness (QED) is 0.754. The van der Waals surface area contributed by atoms with Crippen molar-refractivity contribution < 1.29 is 9.53 Å². The molecule has 1 saturated carbocycles. The van der Waals surface area contributed by atoms with Crippen LogP contribution < -0.4 is 11.1 Å². The van der Waals surface area contributed by atoms with Crippen molar-refractivity contribution in [3.8, 4) is 0 Å². The predicted molar refractivity (Wildman–Crippen MR) is 113 cm³/mol. The molecule has 156 valence electrons. The van der Waals surface area contributed by atoms with Crippen molar-refractivity contribution in [3.63, 3.8) is 0 Å². The van der Waals surface area contributed by atoms with E-state index >= 15 is 0 Å². The van der Waals surface area contributed by atoms with Crippen molar-refractivity contribution in [2.24, 2.45) is 17.1 Å². The molecule has 1 aliphatic carbocycles. The Morgan fingerprint density at radius 2 is 1.93 bits per heavy atom. The van der Waals surface area contributed by atoms with Crippen LogP contribution in [0, 0.1) is 11.3 Å². The molecule has 28 heavy (non-hydrogen) atoms. The Morgan fingerprint density at radius 1 is 1.29 bits per heavy atom. The highest BCUT2D eigenvalue weighted by Gasteiger charge is 2.62. The number of hydrogen-bond acceptors (Lipinski definition) is 4. The molecule has 5 nitrogen and oxygen atoms in total. The van der Waals surface area contributed by atoms with E-state index in [9.17, 15) is 4.79 Å². The lowest BCUT2D eigenvalue weighted by Gasteiger charge is -2.57. The number of benzene rings is 1. The second-order valence-corrected chi connectivity index (χ2v) is 9.20. The lowest BCUT2D eigenvalue weighted by atomic mass is 9.54. The van der Waals surface area contributed by atoms with Crippen LogP contribution in [-0.2, 0) is 9.53 Å². The number of likely N-dealkylation sites (tertiary alicyclic amines) is 1. The van der Waals surface area contributed by atoms with E-state index in [0.29, 0.717) is 19.6 Å². The lowest BCUT2D eigenvalue weighted by Crippen LogP contribution is -2.76. The summed E-state index contributed by atoms with van der Waals surface area (Å²) >= 11 is 0. The van der Waals surface area contributed by atoms with E-state index in [-0.39, 0.29) is 23.5 Å². The first-order valence-electron chi connectivity index (χ1n) is 10.8. The highest BCUT2D eigenvalue weighted by molar-refractivity contribution is 5.88. The maximum absolute atomic E-state index is 13.1. The van der Waals surface area contributed by atoms with Gasteiger partial charge in [-0.15, -0.1) is 0 Å². The van der Waals surface area contributed by atoms with Gasteiger partial charge >= 0.3 is 0 Å². The summed E-state index contributed by atoms with van der Waals surface area (Å²) in [4.78, 5) is 15.6. The van der Waals surface area contributed by atoms with E-state index in [4.69, 9.17) is 10.5 Å². The molecule has 0 radical (unpaired) electrons. The summed E-state index contributed by atoms with van der Waals surface area (Å²) in [5.41, 5.74) is 6.58. The predicted octanol–water partition coefficient (Wildman–Crippen LogP) is 3.11. The molecule has 0 bridgehead atoms. The fourth-order valence-electron chi connectivity index (χ4n) is 4.64. The van der Waals surface area contributed by atoms with E-state index in [2.05, 4.69) is 41.4 Å². The molecule has 3 atom stereocenters. The fraction of sp³-hybridized carbons (Fsp3) is 0.696. The third kappa shape index (κ3) is 3.98. The summed E-state index contributed by atoms with van der Waals surface area (Å²) in [5, 5.41) is 3.19. The largest absolute Gasteiger partial charge is 0.378 e. The third-order valence-electron chi connectivity index (χ3n) is 7.13. The molecule has 3 rings (SSSR count). The topological polar surface area (TPSA) is 67.6 Å². The average Bonchev–Trinajstić information content (AvgIpc) is 2.69. The van der Waals surface area contributed by atoms with Crippen LogP contribution in [-0.4, -0.2) is 48.7 Å². The van der Waals surface area contributed by atoms with Crippen molar-refractivity contribution >= 4 is 5.91 Å². The first-order chi connectivity index (χ1) is 13.3. The number of rotatable bonds is 7. The molecule has 1 heterocycles. The summed E-state index contributed by atoms with van der Waals surface area (Å²) in [5.74, 6) is 0.723. The molecule has 1 aromatic rings. The van der Waals surface area contributed by atoms with E-state index < -0.39 is 5.54 Å². The Hall–Kier alpha value is -1.43. The molecule has 1 aliphatic heterocycles. The summed E-state index contributed by atoms with van der Waals surface area (Å²) in [7, 11) is 0. The van der Waals surface area contributed by atoms with Gasteiger partial charge in [0.1, 0.15) is 5.54 Å². The second kappa shape index (κ2) is 8.52. The number of nitrogens with two attached hydrogens (primary N) is 1. The molecule has 3 N–H and O–H groups in total. The lowest BCUT2D eigenvalue weighted by molar-refractivity contribution is -0.170. The Balaban J connectivity index is 1.67. The van der Waals surface area contributed by atoms with Crippen LogP contribution in [0.3, 0.4) is 0 Å². The zero-order valence-electron chi connectivity index (χ0n) is 17.9. The number of piperidine rings is 1. The average molecular weight is 388 g/mol. The standard InChI is InChI=1S/C23H37N3O2/c1-5-28-20-15-23(24,22(20,3)4)21(27)25-16-19(18-9-7-6-8-10-18)26-13-11-17(2)12-14-26/h6-10,17,19-20H,5,11-16,24H2,1-4H3,(H,25,27). The number of nitrogens with zero attached hydrogens (tertiary/aromatic N) is 1. The van der Waals surface area contributed by atoms with E-state index in [1.54, 1.807) is 0 Å². The maximum atomic E-state index is 13.1. The van der Waals surface area contributed by atoms with Crippen LogP contribution in [0.25, 0.3) is 0 Å². The van der Waals surface area contributed by atoms with Crippen LogP contribution in [0.15, 0.2) is 30.3 Å². The SMILES string of the molecule is CCOC1CC(N)(C(=O)NCC(c2ccccc2)N2CCC(C)CC2)C1(C)C. The van der Waals surface area contributed by atoms with Gasteiger partial charge in [0.05, 0.1) is 12.1 Å². The first kappa shape index (κ1) is 21.3. The summed E-state index contributed by atoms with van der Waals surface area (Å²) in [6.45, 7) is 11.8. The zero-order valence-corrected chi connectivity index (χ0v) is 17.9. The van der Waals surface area contributed by atoms with Gasteiger partial charge in [-0.1, -0.05) is 51.1 Å². The van der Waals surface area contributed by atoms with Gasteiger partial charge in [-0.25, -0.2) is 0 Å². The Bertz CT molecular complexity index is 655. The molecule has 5 heteroatoms. The van der Waals surface area contributed by atoms with Gasteiger partial charge < -0.3 is 15.8 Å². The minimum Gasteiger partial charge on any atom is -0.378 e. The molecule has 3 unspecified atom stereocenters. The van der Waals surface area contributed by atoms with Gasteiger partial charge in [0.2, 0.25) is 5.91 Å². The summed E-state index contributed by atoms with van der Waals surface area (Å²) in [6.07, 6.45) is 3.04. The Kier molecular flexibility index (Phi) is 6.47. The highest BCUT2D eigenvalue weighted by atomic mass is 16.5. The molecule has 0 aromatic heterocycles. The van der Waals surface area contributed by atoms with E-state index in [1.165, 1.54) is 18.4 Å². The number of hydrogen-bond donors (Lipinski definition) is 2. The van der Waals surface area contributed by atoms with Crippen molar-refractivity contribution in [3.05, 3.63) is 35.9 Å². The van der Waals surface area contributed by atoms with Crippen molar-refractivity contribution in [2.75, 3.05) is 26.2 Å². The van der Waals surface area contributed by atoms with Crippen molar-refractivity contribution in [1.82, 2.24) is 10.2 Å². The van der Waals surface area contributed by atoms with Crippen molar-refractivity contribution in [2.45, 2.75) is 64.6 Å². The minimum absolute atomic E-state index is 0.0433. The Morgan fingerprint density at radius 3 is 2.50 bits per heavy atom. The molecule has 2 aliphatic rings. The molecule has 1 amide bonds. The van der Waals surface area contributed by atoms with Gasteiger partial charge in [0.25, 0.3) is 0 Å². The number of carbonyl (C=O) groups is 1. The van der Waals surface area contributed by atoms with Gasteiger partial charge in [-0.2, -0.15) is 0 Å². The van der Waals surface area contributed by atoms with Gasteiger partial charge in [-0.3, -0.25) is 9.69 Å². The Labute approximate surface area is 170 Å². The monoisotopic (exact) mass is 387 g/mol. The number of amides is 1. The molecular formula is C23H37N3O2. The van der Waals surface area contributed by atoms with Gasteiger partial charge in [0, 0.05) is 25.0 Å². The molecule has 1 aromatic carbocycles. The number of nitrogens with one attached hydrogen (secondary N) is 1. The minimum atomic E-state index is -0.871. The zero-order chi connectivity index (χ0) is 20.4. The van der Waals surface area contributed by atoms with Crippen molar-refractivity contribution in [1.29, 1.82) is 0 Å². The normalized spacial score (nSPS) is 29.1. The van der Waals surface area contributed by atoms with Crippen LogP contribution in [0.1, 0.15) is 58.6 Å². The summed E-state index contributed by atoms with van der Waals surface area (Å²) < 4.78 is 5.77. The summed E-state index contributed by atoms with van der Waals surface area (Å²) in [6, 6.07) is 10.7. The molecular weight excluding hydrogens is 350 g/mol. The first-order valence-corrected chi connectivity index (χ1v) is 10.8. The smallest absolute Gasteiger partial charge is 0.240 e. The third-order valence-corrected chi connectivity index (χ3v) is 7.13. The van der Waals surface area contributed by atoms with E-state index in [0.717, 1.165) is 19.0 Å². The highest BCUT2D eigenvalue weighted by Crippen LogP contribution is 2.49. The van der Waals surface area contributed by atoms with Gasteiger partial charge in [-0.05, 0) is 44.3 Å². The fourth-order valence-corrected chi connectivity index (χ4v) is 4.64. The second-order valence-electron chi connectivity index (χ2n) is 9.20. The number of ether oxygens (including phenoxy) is 1.